The number of unbranched alkanes of at least 4 members (excludes halogenated alkanes) is 6. The maximum atomic E-state index is 6.49. The number of nitrogens with zero attached hydrogens (tertiary/aromatic N) is 2. The van der Waals surface area contributed by atoms with Gasteiger partial charge in [0.15, 0.2) is 11.2 Å². The molecule has 0 fully saturated rings. The van der Waals surface area contributed by atoms with Crippen LogP contribution in [0.1, 0.15) is 88.1 Å². The Morgan fingerprint density at radius 2 is 0.979 bits per heavy atom. The van der Waals surface area contributed by atoms with Gasteiger partial charge in [-0.05, 0) is 84.7 Å². The van der Waals surface area contributed by atoms with Gasteiger partial charge in [-0.25, -0.2) is 9.97 Å². The monoisotopic (exact) mass is 640 g/mol. The van der Waals surface area contributed by atoms with E-state index in [0.717, 1.165) is 81.6 Å². The molecule has 6 rings (SSSR count). The van der Waals surface area contributed by atoms with Gasteiger partial charge in [0.2, 0.25) is 11.8 Å². The lowest BCUT2D eigenvalue weighted by Gasteiger charge is -2.17. The highest BCUT2D eigenvalue weighted by atomic mass is 16.5. The molecule has 6 aromatic rings. The summed E-state index contributed by atoms with van der Waals surface area (Å²) in [6.07, 6.45) is 17.0. The van der Waals surface area contributed by atoms with E-state index in [1.54, 1.807) is 0 Å². The van der Waals surface area contributed by atoms with Crippen LogP contribution in [0.15, 0.2) is 93.8 Å². The van der Waals surface area contributed by atoms with E-state index >= 15 is 0 Å². The molecule has 0 atom stereocenters. The van der Waals surface area contributed by atoms with E-state index in [-0.39, 0.29) is 0 Å². The molecule has 0 amide bonds. The van der Waals surface area contributed by atoms with Crippen LogP contribution in [-0.2, 0) is 0 Å². The first-order chi connectivity index (χ1) is 23.7. The normalized spacial score (nSPS) is 11.8. The third kappa shape index (κ3) is 8.62. The van der Waals surface area contributed by atoms with E-state index in [4.69, 9.17) is 18.3 Å². The molecule has 6 heteroatoms. The molecule has 0 bridgehead atoms. The Morgan fingerprint density at radius 3 is 1.42 bits per heavy atom. The third-order valence-corrected chi connectivity index (χ3v) is 8.27. The van der Waals surface area contributed by atoms with Crippen molar-refractivity contribution in [2.45, 2.75) is 65.2 Å². The number of fused-ring (bicyclic) bond motifs is 2. The summed E-state index contributed by atoms with van der Waals surface area (Å²) in [4.78, 5) is 9.18. The van der Waals surface area contributed by atoms with Crippen molar-refractivity contribution in [1.82, 2.24) is 9.97 Å². The number of para-hydroxylation sites is 4. The van der Waals surface area contributed by atoms with Crippen molar-refractivity contribution in [3.63, 3.8) is 0 Å². The summed E-state index contributed by atoms with van der Waals surface area (Å²) >= 11 is 0. The Balaban J connectivity index is 1.29. The molecule has 0 unspecified atom stereocenters. The van der Waals surface area contributed by atoms with Crippen molar-refractivity contribution in [2.75, 3.05) is 13.2 Å². The minimum atomic E-state index is 0.572. The molecule has 0 saturated carbocycles. The van der Waals surface area contributed by atoms with E-state index in [1.165, 1.54) is 25.7 Å². The van der Waals surface area contributed by atoms with Crippen LogP contribution < -0.4 is 9.47 Å². The summed E-state index contributed by atoms with van der Waals surface area (Å²) in [5.41, 5.74) is 7.26. The van der Waals surface area contributed by atoms with Gasteiger partial charge in [0.1, 0.15) is 22.5 Å². The summed E-state index contributed by atoms with van der Waals surface area (Å²) in [6.45, 7) is 5.76. The maximum absolute atomic E-state index is 6.49. The molecule has 0 radical (unpaired) electrons. The highest BCUT2D eigenvalue weighted by Gasteiger charge is 2.14. The Morgan fingerprint density at radius 1 is 0.521 bits per heavy atom. The summed E-state index contributed by atoms with van der Waals surface area (Å²) in [5.74, 6) is 2.80. The predicted octanol–water partition coefficient (Wildman–Crippen LogP) is 11.9. The fourth-order valence-corrected chi connectivity index (χ4v) is 5.65. The van der Waals surface area contributed by atoms with Gasteiger partial charge in [0, 0.05) is 23.3 Å². The topological polar surface area (TPSA) is 70.5 Å². The lowest BCUT2D eigenvalue weighted by atomic mass is 9.99. The highest BCUT2D eigenvalue weighted by Crippen LogP contribution is 2.39. The lowest BCUT2D eigenvalue weighted by Crippen LogP contribution is -2.02. The summed E-state index contributed by atoms with van der Waals surface area (Å²) in [5, 5.41) is 0. The van der Waals surface area contributed by atoms with Crippen LogP contribution in [0.25, 0.3) is 57.6 Å². The first kappa shape index (κ1) is 32.8. The second kappa shape index (κ2) is 16.6. The minimum Gasteiger partial charge on any atom is -0.493 e. The number of rotatable bonds is 17. The smallest absolute Gasteiger partial charge is 0.220 e. The molecule has 4 aromatic carbocycles. The van der Waals surface area contributed by atoms with Crippen LogP contribution >= 0.6 is 0 Å². The fourth-order valence-electron chi connectivity index (χ4n) is 5.65. The van der Waals surface area contributed by atoms with E-state index in [1.807, 2.05) is 72.8 Å². The van der Waals surface area contributed by atoms with Crippen molar-refractivity contribution < 1.29 is 18.3 Å². The minimum absolute atomic E-state index is 0.572. The zero-order valence-corrected chi connectivity index (χ0v) is 28.0. The van der Waals surface area contributed by atoms with Gasteiger partial charge in [-0.2, -0.15) is 0 Å². The Kier molecular flexibility index (Phi) is 11.4. The highest BCUT2D eigenvalue weighted by molar-refractivity contribution is 5.82. The second-order valence-corrected chi connectivity index (χ2v) is 12.0. The van der Waals surface area contributed by atoms with E-state index in [2.05, 4.69) is 60.2 Å². The van der Waals surface area contributed by atoms with Crippen molar-refractivity contribution in [1.29, 1.82) is 0 Å². The maximum Gasteiger partial charge on any atom is 0.220 e. The standard InChI is InChI=1S/C42H44N2O4/c1-3-5-7-13-27-45-39-29-31(21-25-41-43-35-15-9-11-17-37(35)47-41)19-23-33(39)34-24-20-32(30-40(34)46-28-14-8-6-4-2)22-26-42-44-36-16-10-12-18-38(36)48-42/h9-12,15-26,29-30H,3-8,13-14,27-28H2,1-2H3/b25-21+,26-22+. The summed E-state index contributed by atoms with van der Waals surface area (Å²) < 4.78 is 24.8. The molecule has 48 heavy (non-hydrogen) atoms. The predicted molar refractivity (Wildman–Crippen MR) is 197 cm³/mol. The van der Waals surface area contributed by atoms with Gasteiger partial charge in [0.05, 0.1) is 13.2 Å². The quantitative estimate of drug-likeness (QED) is 0.0924. The SMILES string of the molecule is CCCCCCOc1cc(/C=C/c2nc3ccccc3o2)ccc1-c1ccc(/C=C/c2nc3ccccc3o2)cc1OCCCCCC. The average molecular weight is 641 g/mol. The third-order valence-electron chi connectivity index (χ3n) is 8.27. The van der Waals surface area contributed by atoms with Crippen molar-refractivity contribution in [3.8, 4) is 22.6 Å². The number of benzene rings is 4. The Labute approximate surface area is 283 Å². The molecular formula is C42H44N2O4. The zero-order valence-electron chi connectivity index (χ0n) is 28.0. The molecule has 0 aliphatic rings. The van der Waals surface area contributed by atoms with Gasteiger partial charge in [-0.1, -0.05) is 88.8 Å². The van der Waals surface area contributed by atoms with Crippen molar-refractivity contribution in [3.05, 3.63) is 108 Å². The van der Waals surface area contributed by atoms with Gasteiger partial charge >= 0.3 is 0 Å². The Bertz CT molecular complexity index is 1770. The Hall–Kier alpha value is -5.10. The van der Waals surface area contributed by atoms with Gasteiger partial charge < -0.3 is 18.3 Å². The van der Waals surface area contributed by atoms with Gasteiger partial charge in [-0.3, -0.25) is 0 Å². The van der Waals surface area contributed by atoms with Crippen LogP contribution in [0.5, 0.6) is 11.5 Å². The summed E-state index contributed by atoms with van der Waals surface area (Å²) in [7, 11) is 0. The molecule has 2 aromatic heterocycles. The molecule has 0 spiro atoms. The van der Waals surface area contributed by atoms with E-state index in [0.29, 0.717) is 25.0 Å². The molecule has 2 heterocycles. The van der Waals surface area contributed by atoms with Gasteiger partial charge in [-0.15, -0.1) is 0 Å². The molecular weight excluding hydrogens is 596 g/mol. The molecule has 246 valence electrons. The fraction of sp³-hybridized carbons (Fsp3) is 0.286. The molecule has 0 aliphatic heterocycles. The first-order valence-corrected chi connectivity index (χ1v) is 17.3. The number of hydrogen-bond donors (Lipinski definition) is 0. The van der Waals surface area contributed by atoms with E-state index in [9.17, 15) is 0 Å². The number of oxazole rings is 2. The van der Waals surface area contributed by atoms with Crippen molar-refractivity contribution in [2.24, 2.45) is 0 Å². The molecule has 0 saturated heterocycles. The van der Waals surface area contributed by atoms with Gasteiger partial charge in [0.25, 0.3) is 0 Å². The van der Waals surface area contributed by atoms with Crippen LogP contribution in [0.4, 0.5) is 0 Å². The van der Waals surface area contributed by atoms with Crippen LogP contribution in [0.2, 0.25) is 0 Å². The van der Waals surface area contributed by atoms with Crippen LogP contribution in [-0.4, -0.2) is 23.2 Å². The number of ether oxygens (including phenoxy) is 2. The summed E-state index contributed by atoms with van der Waals surface area (Å²) in [6, 6.07) is 28.2. The average Bonchev–Trinajstić information content (AvgIpc) is 3.74. The molecule has 0 N–H and O–H groups in total. The zero-order chi connectivity index (χ0) is 33.0. The second-order valence-electron chi connectivity index (χ2n) is 12.0. The lowest BCUT2D eigenvalue weighted by molar-refractivity contribution is 0.302. The largest absolute Gasteiger partial charge is 0.493 e. The number of hydrogen-bond acceptors (Lipinski definition) is 6. The van der Waals surface area contributed by atoms with E-state index < -0.39 is 0 Å². The van der Waals surface area contributed by atoms with Crippen molar-refractivity contribution >= 4 is 46.5 Å². The first-order valence-electron chi connectivity index (χ1n) is 17.3. The molecule has 0 aliphatic carbocycles. The van der Waals surface area contributed by atoms with Crippen LogP contribution in [0, 0.1) is 0 Å². The number of aromatic nitrogens is 2. The molecule has 6 nitrogen and oxygen atoms in total. The van der Waals surface area contributed by atoms with Crippen LogP contribution in [0.3, 0.4) is 0 Å².